The largest absolute Gasteiger partial charge is 0.376 e. The van der Waals surface area contributed by atoms with Crippen molar-refractivity contribution < 1.29 is 4.74 Å². The van der Waals surface area contributed by atoms with E-state index < -0.39 is 0 Å². The summed E-state index contributed by atoms with van der Waals surface area (Å²) in [6, 6.07) is 2.38. The molecule has 0 spiro atoms. The van der Waals surface area contributed by atoms with Crippen molar-refractivity contribution in [3.05, 3.63) is 21.4 Å². The van der Waals surface area contributed by atoms with Crippen LogP contribution in [0.3, 0.4) is 0 Å². The second-order valence-electron chi connectivity index (χ2n) is 5.39. The number of hydrogen-bond acceptors (Lipinski definition) is 4. The van der Waals surface area contributed by atoms with E-state index in [1.165, 1.54) is 21.7 Å². The molecule has 4 heteroatoms. The van der Waals surface area contributed by atoms with E-state index in [2.05, 4.69) is 37.1 Å². The first-order valence-electron chi connectivity index (χ1n) is 7.32. The van der Waals surface area contributed by atoms with Gasteiger partial charge in [0.15, 0.2) is 0 Å². The third kappa shape index (κ3) is 4.56. The molecule has 1 N–H and O–H groups in total. The van der Waals surface area contributed by atoms with Crippen LogP contribution in [0, 0.1) is 6.92 Å². The molecule has 1 aliphatic heterocycles. The Bertz CT molecular complexity index is 391. The molecule has 0 amide bonds. The maximum absolute atomic E-state index is 5.60. The Labute approximate surface area is 121 Å². The monoisotopic (exact) mass is 282 g/mol. The number of aryl methyl sites for hydroxylation is 1. The molecule has 0 radical (unpaired) electrons. The minimum absolute atomic E-state index is 0.374. The van der Waals surface area contributed by atoms with Crippen LogP contribution in [0.15, 0.2) is 6.07 Å². The summed E-state index contributed by atoms with van der Waals surface area (Å²) in [5, 5.41) is 3.48. The third-order valence-electron chi connectivity index (χ3n) is 3.52. The molecule has 2 rings (SSSR count). The number of nitrogens with zero attached hydrogens (tertiary/aromatic N) is 1. The molecule has 3 nitrogen and oxygen atoms in total. The highest BCUT2D eigenvalue weighted by atomic mass is 32.1. The summed E-state index contributed by atoms with van der Waals surface area (Å²) in [4.78, 5) is 5.43. The van der Waals surface area contributed by atoms with Gasteiger partial charge in [-0.3, -0.25) is 4.90 Å². The highest BCUT2D eigenvalue weighted by Crippen LogP contribution is 2.23. The van der Waals surface area contributed by atoms with Gasteiger partial charge in [-0.05, 0) is 38.4 Å². The molecular weight excluding hydrogens is 256 g/mol. The summed E-state index contributed by atoms with van der Waals surface area (Å²) in [7, 11) is 0. The maximum atomic E-state index is 5.60. The zero-order valence-electron chi connectivity index (χ0n) is 12.4. The highest BCUT2D eigenvalue weighted by Gasteiger charge is 2.18. The number of rotatable bonds is 6. The van der Waals surface area contributed by atoms with Crippen LogP contribution in [0.4, 0.5) is 0 Å². The first-order valence-corrected chi connectivity index (χ1v) is 8.13. The van der Waals surface area contributed by atoms with Crippen molar-refractivity contribution in [2.75, 3.05) is 26.2 Å². The molecule has 0 aromatic carbocycles. The second-order valence-corrected chi connectivity index (χ2v) is 6.73. The number of hydrogen-bond donors (Lipinski definition) is 1. The fraction of sp³-hybridized carbons (Fsp3) is 0.733. The van der Waals surface area contributed by atoms with Gasteiger partial charge in [0.25, 0.3) is 0 Å². The minimum atomic E-state index is 0.374. The van der Waals surface area contributed by atoms with Crippen LogP contribution < -0.4 is 5.32 Å². The molecule has 1 saturated heterocycles. The van der Waals surface area contributed by atoms with Gasteiger partial charge in [-0.25, -0.2) is 0 Å². The maximum Gasteiger partial charge on any atom is 0.0674 e. The van der Waals surface area contributed by atoms with Gasteiger partial charge in [-0.2, -0.15) is 0 Å². The molecule has 0 saturated carbocycles. The molecule has 108 valence electrons. The van der Waals surface area contributed by atoms with E-state index in [1.54, 1.807) is 0 Å². The van der Waals surface area contributed by atoms with Crippen molar-refractivity contribution in [1.82, 2.24) is 10.2 Å². The summed E-state index contributed by atoms with van der Waals surface area (Å²) in [5.74, 6) is 0. The van der Waals surface area contributed by atoms with Crippen LogP contribution in [0.5, 0.6) is 0 Å². The molecule has 2 heterocycles. The smallest absolute Gasteiger partial charge is 0.0674 e. The van der Waals surface area contributed by atoms with E-state index in [4.69, 9.17) is 4.74 Å². The summed E-state index contributed by atoms with van der Waals surface area (Å²) in [6.45, 7) is 12.8. The van der Waals surface area contributed by atoms with E-state index in [0.29, 0.717) is 6.10 Å². The quantitative estimate of drug-likeness (QED) is 0.812. The lowest BCUT2D eigenvalue weighted by Crippen LogP contribution is -2.40. The van der Waals surface area contributed by atoms with Crippen LogP contribution in [0.2, 0.25) is 0 Å². The molecule has 1 unspecified atom stereocenters. The predicted octanol–water partition coefficient (Wildman–Crippen LogP) is 2.78. The molecule has 1 aromatic heterocycles. The molecular formula is C15H26N2OS. The van der Waals surface area contributed by atoms with Crippen LogP contribution >= 0.6 is 11.3 Å². The van der Waals surface area contributed by atoms with Crippen molar-refractivity contribution in [3.63, 3.8) is 0 Å². The van der Waals surface area contributed by atoms with Gasteiger partial charge in [0.1, 0.15) is 0 Å². The van der Waals surface area contributed by atoms with E-state index in [1.807, 2.05) is 11.3 Å². The minimum Gasteiger partial charge on any atom is -0.376 e. The number of morpholine rings is 1. The second kappa shape index (κ2) is 7.39. The van der Waals surface area contributed by atoms with E-state index in [-0.39, 0.29) is 0 Å². The molecule has 1 fully saturated rings. The van der Waals surface area contributed by atoms with Gasteiger partial charge in [0.2, 0.25) is 0 Å². The van der Waals surface area contributed by atoms with Crippen molar-refractivity contribution >= 4 is 11.3 Å². The van der Waals surface area contributed by atoms with Crippen LogP contribution in [-0.2, 0) is 17.8 Å². The van der Waals surface area contributed by atoms with Crippen molar-refractivity contribution in [2.24, 2.45) is 0 Å². The van der Waals surface area contributed by atoms with Crippen LogP contribution in [-0.4, -0.2) is 37.2 Å². The Morgan fingerprint density at radius 1 is 1.53 bits per heavy atom. The standard InChI is InChI=1S/C15H26N2OS/c1-4-5-16-9-15-8-14(13(3)19-15)11-17-6-7-18-12(2)10-17/h8,12,16H,4-7,9-11H2,1-3H3. The summed E-state index contributed by atoms with van der Waals surface area (Å²) in [5.41, 5.74) is 1.49. The molecule has 1 aromatic rings. The van der Waals surface area contributed by atoms with Gasteiger partial charge in [0, 0.05) is 35.9 Å². The molecule has 19 heavy (non-hydrogen) atoms. The summed E-state index contributed by atoms with van der Waals surface area (Å²) in [6.07, 6.45) is 1.57. The molecule has 1 aliphatic rings. The van der Waals surface area contributed by atoms with Crippen molar-refractivity contribution in [1.29, 1.82) is 0 Å². The summed E-state index contributed by atoms with van der Waals surface area (Å²) < 4.78 is 5.60. The van der Waals surface area contributed by atoms with Crippen LogP contribution in [0.1, 0.15) is 35.6 Å². The van der Waals surface area contributed by atoms with Gasteiger partial charge in [-0.15, -0.1) is 11.3 Å². The van der Waals surface area contributed by atoms with Gasteiger partial charge in [0.05, 0.1) is 12.7 Å². The predicted molar refractivity (Wildman–Crippen MR) is 81.7 cm³/mol. The highest BCUT2D eigenvalue weighted by molar-refractivity contribution is 7.12. The van der Waals surface area contributed by atoms with E-state index in [9.17, 15) is 0 Å². The van der Waals surface area contributed by atoms with Crippen molar-refractivity contribution in [2.45, 2.75) is 46.4 Å². The third-order valence-corrected chi connectivity index (χ3v) is 4.61. The Morgan fingerprint density at radius 3 is 3.11 bits per heavy atom. The fourth-order valence-electron chi connectivity index (χ4n) is 2.50. The number of ether oxygens (including phenoxy) is 1. The Hall–Kier alpha value is -0.420. The average molecular weight is 282 g/mol. The number of nitrogens with one attached hydrogen (secondary N) is 1. The van der Waals surface area contributed by atoms with Gasteiger partial charge < -0.3 is 10.1 Å². The topological polar surface area (TPSA) is 24.5 Å². The van der Waals surface area contributed by atoms with Crippen LogP contribution in [0.25, 0.3) is 0 Å². The first-order chi connectivity index (χ1) is 9.19. The lowest BCUT2D eigenvalue weighted by Gasteiger charge is -2.31. The average Bonchev–Trinajstić information content (AvgIpc) is 2.70. The number of thiophene rings is 1. The van der Waals surface area contributed by atoms with Crippen molar-refractivity contribution in [3.8, 4) is 0 Å². The fourth-order valence-corrected chi connectivity index (χ4v) is 3.52. The SMILES string of the molecule is CCCNCc1cc(CN2CCOC(C)C2)c(C)s1. The molecule has 1 atom stereocenters. The molecule has 0 aliphatic carbocycles. The van der Waals surface area contributed by atoms with Gasteiger partial charge >= 0.3 is 0 Å². The Kier molecular flexibility index (Phi) is 5.82. The first kappa shape index (κ1) is 15.0. The Balaban J connectivity index is 1.89. The van der Waals surface area contributed by atoms with E-state index >= 15 is 0 Å². The van der Waals surface area contributed by atoms with E-state index in [0.717, 1.165) is 39.3 Å². The lowest BCUT2D eigenvalue weighted by molar-refractivity contribution is -0.0212. The summed E-state index contributed by atoms with van der Waals surface area (Å²) >= 11 is 1.93. The lowest BCUT2D eigenvalue weighted by atomic mass is 10.2. The molecule has 0 bridgehead atoms. The Morgan fingerprint density at radius 2 is 2.37 bits per heavy atom. The zero-order chi connectivity index (χ0) is 13.7. The normalized spacial score (nSPS) is 20.9. The zero-order valence-corrected chi connectivity index (χ0v) is 13.2. The van der Waals surface area contributed by atoms with Gasteiger partial charge in [-0.1, -0.05) is 6.92 Å².